The molecule has 0 aliphatic carbocycles. The highest BCUT2D eigenvalue weighted by molar-refractivity contribution is 7.99. The quantitative estimate of drug-likeness (QED) is 0.547. The van der Waals surface area contributed by atoms with Crippen molar-refractivity contribution in [1.29, 1.82) is 0 Å². The number of sulfone groups is 1. The summed E-state index contributed by atoms with van der Waals surface area (Å²) in [5.74, 6) is 0. The molecule has 0 spiro atoms. The second kappa shape index (κ2) is 1.97. The van der Waals surface area contributed by atoms with Gasteiger partial charge in [0.1, 0.15) is 0 Å². The highest BCUT2D eigenvalue weighted by atomic mass is 32.2. The molecule has 9 heavy (non-hydrogen) atoms. The minimum absolute atomic E-state index is 0.00231. The van der Waals surface area contributed by atoms with Crippen LogP contribution in [0, 0.1) is 0 Å². The Labute approximate surface area is 56.2 Å². The van der Waals surface area contributed by atoms with E-state index in [1.807, 2.05) is 13.8 Å². The maximum absolute atomic E-state index is 10.9. The average molecular weight is 148 g/mol. The minimum Gasteiger partial charge on any atom is -0.228 e. The predicted octanol–water partition coefficient (Wildman–Crippen LogP) is 0.972. The Morgan fingerprint density at radius 3 is 1.56 bits per heavy atom. The van der Waals surface area contributed by atoms with Gasteiger partial charge in [-0.05, 0) is 12.8 Å². The molecule has 0 bridgehead atoms. The Balaban J connectivity index is 2.67. The molecule has 2 atom stereocenters. The second-order valence-corrected chi connectivity index (χ2v) is 4.87. The van der Waals surface area contributed by atoms with Gasteiger partial charge in [-0.2, -0.15) is 0 Å². The van der Waals surface area contributed by atoms with Gasteiger partial charge in [-0.25, -0.2) is 8.42 Å². The van der Waals surface area contributed by atoms with Crippen molar-refractivity contribution in [3.8, 4) is 0 Å². The molecule has 1 rings (SSSR count). The van der Waals surface area contributed by atoms with Crippen molar-refractivity contribution >= 4 is 9.84 Å². The summed E-state index contributed by atoms with van der Waals surface area (Å²) in [6, 6.07) is 0. The molecule has 1 aliphatic heterocycles. The molecule has 1 heterocycles. The maximum atomic E-state index is 10.9. The van der Waals surface area contributed by atoms with Gasteiger partial charge < -0.3 is 0 Å². The fourth-order valence-electron chi connectivity index (χ4n) is 1.37. The van der Waals surface area contributed by atoms with Crippen molar-refractivity contribution in [3.05, 3.63) is 0 Å². The first-order valence-corrected chi connectivity index (χ1v) is 4.98. The van der Waals surface area contributed by atoms with E-state index in [-0.39, 0.29) is 10.5 Å². The molecule has 3 heteroatoms. The molecule has 1 saturated heterocycles. The molecular formula is C6H12O2S. The lowest BCUT2D eigenvalue weighted by Gasteiger charge is -1.78. The zero-order chi connectivity index (χ0) is 7.07. The van der Waals surface area contributed by atoms with E-state index in [0.717, 1.165) is 12.8 Å². The summed E-state index contributed by atoms with van der Waals surface area (Å²) in [5, 5.41) is 0.00463. The zero-order valence-corrected chi connectivity index (χ0v) is 6.61. The molecule has 2 nitrogen and oxygen atoms in total. The Bertz CT molecular complexity index is 177. The topological polar surface area (TPSA) is 34.1 Å². The summed E-state index contributed by atoms with van der Waals surface area (Å²) < 4.78 is 21.7. The number of hydrogen-bond acceptors (Lipinski definition) is 2. The highest BCUT2D eigenvalue weighted by Crippen LogP contribution is 2.37. The third kappa shape index (κ3) is 0.874. The molecule has 1 aliphatic rings. The first kappa shape index (κ1) is 7.06. The van der Waals surface area contributed by atoms with Crippen LogP contribution in [0.3, 0.4) is 0 Å². The van der Waals surface area contributed by atoms with E-state index in [0.29, 0.717) is 0 Å². The molecule has 0 aromatic heterocycles. The van der Waals surface area contributed by atoms with Gasteiger partial charge in [0.15, 0.2) is 9.84 Å². The molecule has 0 unspecified atom stereocenters. The van der Waals surface area contributed by atoms with E-state index >= 15 is 0 Å². The minimum atomic E-state index is -2.60. The van der Waals surface area contributed by atoms with Crippen LogP contribution in [0.5, 0.6) is 0 Å². The van der Waals surface area contributed by atoms with Gasteiger partial charge in [-0.3, -0.25) is 0 Å². The summed E-state index contributed by atoms with van der Waals surface area (Å²) >= 11 is 0. The smallest absolute Gasteiger partial charge is 0.158 e. The van der Waals surface area contributed by atoms with Crippen LogP contribution in [0.4, 0.5) is 0 Å². The van der Waals surface area contributed by atoms with Gasteiger partial charge in [0.25, 0.3) is 0 Å². The van der Waals surface area contributed by atoms with Gasteiger partial charge in [0.05, 0.1) is 10.5 Å². The van der Waals surface area contributed by atoms with Crippen LogP contribution < -0.4 is 0 Å². The molecular weight excluding hydrogens is 136 g/mol. The summed E-state index contributed by atoms with van der Waals surface area (Å²) in [5.41, 5.74) is 0. The first-order chi connectivity index (χ1) is 4.14. The van der Waals surface area contributed by atoms with E-state index in [4.69, 9.17) is 0 Å². The molecule has 1 fully saturated rings. The largest absolute Gasteiger partial charge is 0.228 e. The van der Waals surface area contributed by atoms with E-state index in [9.17, 15) is 8.42 Å². The van der Waals surface area contributed by atoms with Crippen LogP contribution >= 0.6 is 0 Å². The van der Waals surface area contributed by atoms with E-state index in [1.54, 1.807) is 0 Å². The number of hydrogen-bond donors (Lipinski definition) is 0. The van der Waals surface area contributed by atoms with Crippen molar-refractivity contribution in [1.82, 2.24) is 0 Å². The van der Waals surface area contributed by atoms with Crippen molar-refractivity contribution < 1.29 is 8.42 Å². The van der Waals surface area contributed by atoms with Gasteiger partial charge in [-0.15, -0.1) is 0 Å². The van der Waals surface area contributed by atoms with E-state index < -0.39 is 9.84 Å². The Morgan fingerprint density at radius 2 is 1.44 bits per heavy atom. The summed E-state index contributed by atoms with van der Waals surface area (Å²) in [4.78, 5) is 0. The van der Waals surface area contributed by atoms with Gasteiger partial charge in [0, 0.05) is 0 Å². The predicted molar refractivity (Wildman–Crippen MR) is 37.1 cm³/mol. The van der Waals surface area contributed by atoms with Crippen molar-refractivity contribution in [3.63, 3.8) is 0 Å². The molecule has 0 saturated carbocycles. The molecule has 0 amide bonds. The van der Waals surface area contributed by atoms with Crippen molar-refractivity contribution in [2.75, 3.05) is 0 Å². The fraction of sp³-hybridized carbons (Fsp3) is 1.00. The summed E-state index contributed by atoms with van der Waals surface area (Å²) in [7, 11) is -2.60. The van der Waals surface area contributed by atoms with Crippen LogP contribution in [-0.4, -0.2) is 18.9 Å². The van der Waals surface area contributed by atoms with Crippen LogP contribution in [0.15, 0.2) is 0 Å². The SMILES string of the molecule is CC[C@@H]1[C@H](CC)S1(=O)=O. The summed E-state index contributed by atoms with van der Waals surface area (Å²) in [6.07, 6.45) is 1.58. The fourth-order valence-corrected chi connectivity index (χ4v) is 3.72. The van der Waals surface area contributed by atoms with Crippen molar-refractivity contribution in [2.24, 2.45) is 0 Å². The maximum Gasteiger partial charge on any atom is 0.158 e. The monoisotopic (exact) mass is 148 g/mol. The third-order valence-electron chi connectivity index (χ3n) is 1.99. The Morgan fingerprint density at radius 1 is 1.11 bits per heavy atom. The van der Waals surface area contributed by atoms with E-state index in [1.165, 1.54) is 0 Å². The number of rotatable bonds is 2. The average Bonchev–Trinajstić information content (AvgIpc) is 2.32. The van der Waals surface area contributed by atoms with Gasteiger partial charge >= 0.3 is 0 Å². The second-order valence-electron chi connectivity index (χ2n) is 2.48. The lowest BCUT2D eigenvalue weighted by molar-refractivity contribution is 0.610. The Kier molecular flexibility index (Phi) is 1.55. The summed E-state index contributed by atoms with van der Waals surface area (Å²) in [6.45, 7) is 3.86. The van der Waals surface area contributed by atoms with Crippen LogP contribution in [0.1, 0.15) is 26.7 Å². The van der Waals surface area contributed by atoms with Crippen LogP contribution in [-0.2, 0) is 9.84 Å². The Hall–Kier alpha value is -0.0500. The molecule has 0 aromatic carbocycles. The standard InChI is InChI=1S/C6H12O2S/c1-3-5-6(4-2)9(5,7)8/h5-6H,3-4H2,1-2H3/t5-,6+. The van der Waals surface area contributed by atoms with E-state index in [2.05, 4.69) is 0 Å². The van der Waals surface area contributed by atoms with Gasteiger partial charge in [-0.1, -0.05) is 13.8 Å². The zero-order valence-electron chi connectivity index (χ0n) is 5.79. The highest BCUT2D eigenvalue weighted by Gasteiger charge is 2.53. The van der Waals surface area contributed by atoms with Crippen LogP contribution in [0.2, 0.25) is 0 Å². The lowest BCUT2D eigenvalue weighted by atomic mass is 10.2. The molecule has 0 N–H and O–H groups in total. The molecule has 0 aromatic rings. The normalized spacial score (nSPS) is 38.4. The molecule has 0 radical (unpaired) electrons. The lowest BCUT2D eigenvalue weighted by Crippen LogP contribution is -1.87. The third-order valence-corrected chi connectivity index (χ3v) is 4.68. The first-order valence-electron chi connectivity index (χ1n) is 3.37. The van der Waals surface area contributed by atoms with Crippen molar-refractivity contribution in [2.45, 2.75) is 37.2 Å². The van der Waals surface area contributed by atoms with Gasteiger partial charge in [0.2, 0.25) is 0 Å². The molecule has 54 valence electrons. The van der Waals surface area contributed by atoms with Crippen LogP contribution in [0.25, 0.3) is 0 Å².